The molecule has 1 amide bonds. The molecule has 2 N–H and O–H groups in total. The van der Waals surface area contributed by atoms with Gasteiger partial charge in [-0.1, -0.05) is 41.4 Å². The lowest BCUT2D eigenvalue weighted by atomic mass is 10.1. The quantitative estimate of drug-likeness (QED) is 0.734. The average molecular weight is 396 g/mol. The van der Waals surface area contributed by atoms with Gasteiger partial charge >= 0.3 is 5.97 Å². The number of carbonyl (C=O) groups excluding carboxylic acids is 2. The van der Waals surface area contributed by atoms with Gasteiger partial charge < -0.3 is 15.2 Å². The lowest BCUT2D eigenvalue weighted by molar-refractivity contribution is -0.129. The zero-order valence-corrected chi connectivity index (χ0v) is 16.1. The summed E-state index contributed by atoms with van der Waals surface area (Å²) in [7, 11) is 0. The predicted octanol–water partition coefficient (Wildman–Crippen LogP) is 4.43. The van der Waals surface area contributed by atoms with Gasteiger partial charge in [-0.2, -0.15) is 0 Å². The Labute approximate surface area is 161 Å². The molecular weight excluding hydrogens is 377 g/mol. The SMILES string of the molecule is Cc1cccc(C(=O)O[C@H](C)C(=O)N[C@@H](C)c2ccc(Cl)cc2Cl)c1O. The monoisotopic (exact) mass is 395 g/mol. The van der Waals surface area contributed by atoms with Gasteiger partial charge in [0.15, 0.2) is 6.10 Å². The highest BCUT2D eigenvalue weighted by Gasteiger charge is 2.23. The van der Waals surface area contributed by atoms with E-state index in [0.717, 1.165) is 0 Å². The fourth-order valence-corrected chi connectivity index (χ4v) is 2.93. The van der Waals surface area contributed by atoms with E-state index in [9.17, 15) is 14.7 Å². The molecule has 2 rings (SSSR count). The molecule has 2 aromatic rings. The van der Waals surface area contributed by atoms with Crippen molar-refractivity contribution in [2.75, 3.05) is 0 Å². The van der Waals surface area contributed by atoms with Gasteiger partial charge in [0.25, 0.3) is 5.91 Å². The number of nitrogens with one attached hydrogen (secondary N) is 1. The first-order chi connectivity index (χ1) is 12.2. The maximum atomic E-state index is 12.3. The summed E-state index contributed by atoms with van der Waals surface area (Å²) in [6, 6.07) is 9.31. The molecule has 0 fully saturated rings. The molecule has 138 valence electrons. The number of phenolic OH excluding ortho intramolecular Hbond substituents is 1. The third kappa shape index (κ3) is 4.68. The van der Waals surface area contributed by atoms with Crippen LogP contribution in [-0.4, -0.2) is 23.1 Å². The maximum absolute atomic E-state index is 12.3. The summed E-state index contributed by atoms with van der Waals surface area (Å²) in [6.45, 7) is 4.88. The summed E-state index contributed by atoms with van der Waals surface area (Å²) in [5, 5.41) is 13.6. The zero-order chi connectivity index (χ0) is 19.4. The van der Waals surface area contributed by atoms with Gasteiger partial charge in [0.2, 0.25) is 0 Å². The van der Waals surface area contributed by atoms with Crippen molar-refractivity contribution in [3.8, 4) is 5.75 Å². The number of ether oxygens (including phenoxy) is 1. The summed E-state index contributed by atoms with van der Waals surface area (Å²) in [4.78, 5) is 24.5. The van der Waals surface area contributed by atoms with Crippen molar-refractivity contribution < 1.29 is 19.4 Å². The first kappa shape index (κ1) is 20.1. The molecule has 0 heterocycles. The molecule has 0 aromatic heterocycles. The van der Waals surface area contributed by atoms with E-state index in [1.54, 1.807) is 44.2 Å². The zero-order valence-electron chi connectivity index (χ0n) is 14.5. The fourth-order valence-electron chi connectivity index (χ4n) is 2.36. The minimum absolute atomic E-state index is 0.0124. The summed E-state index contributed by atoms with van der Waals surface area (Å²) in [5.74, 6) is -1.42. The van der Waals surface area contributed by atoms with Crippen LogP contribution in [-0.2, 0) is 9.53 Å². The molecule has 0 bridgehead atoms. The van der Waals surface area contributed by atoms with E-state index in [1.165, 1.54) is 13.0 Å². The van der Waals surface area contributed by atoms with Gasteiger partial charge in [0, 0.05) is 10.0 Å². The largest absolute Gasteiger partial charge is 0.507 e. The predicted molar refractivity (Wildman–Crippen MR) is 101 cm³/mol. The topological polar surface area (TPSA) is 75.6 Å². The number of amides is 1. The molecular formula is C19H19Cl2NO4. The van der Waals surface area contributed by atoms with Crippen LogP contribution in [0.4, 0.5) is 0 Å². The van der Waals surface area contributed by atoms with E-state index in [0.29, 0.717) is 21.2 Å². The molecule has 0 aliphatic rings. The smallest absolute Gasteiger partial charge is 0.342 e. The molecule has 0 aliphatic carbocycles. The van der Waals surface area contributed by atoms with Crippen LogP contribution in [0.3, 0.4) is 0 Å². The van der Waals surface area contributed by atoms with Crippen LogP contribution < -0.4 is 5.32 Å². The highest BCUT2D eigenvalue weighted by molar-refractivity contribution is 6.35. The third-order valence-corrected chi connectivity index (χ3v) is 4.46. The summed E-state index contributed by atoms with van der Waals surface area (Å²) in [6.07, 6.45) is -1.05. The van der Waals surface area contributed by atoms with Gasteiger partial charge in [-0.3, -0.25) is 4.79 Å². The van der Waals surface area contributed by atoms with Crippen LogP contribution >= 0.6 is 23.2 Å². The van der Waals surface area contributed by atoms with Gasteiger partial charge in [-0.25, -0.2) is 4.79 Å². The number of esters is 1. The summed E-state index contributed by atoms with van der Waals surface area (Å²) in [5.41, 5.74) is 1.25. The first-order valence-electron chi connectivity index (χ1n) is 7.95. The van der Waals surface area contributed by atoms with Gasteiger partial charge in [-0.15, -0.1) is 0 Å². The molecule has 26 heavy (non-hydrogen) atoms. The Hall–Kier alpha value is -2.24. The number of aromatic hydroxyl groups is 1. The van der Waals surface area contributed by atoms with Gasteiger partial charge in [0.1, 0.15) is 11.3 Å². The number of hydrogen-bond donors (Lipinski definition) is 2. The molecule has 0 radical (unpaired) electrons. The second-order valence-corrected chi connectivity index (χ2v) is 6.76. The number of rotatable bonds is 5. The second-order valence-electron chi connectivity index (χ2n) is 5.91. The Balaban J connectivity index is 2.03. The van der Waals surface area contributed by atoms with Crippen LogP contribution in [0.15, 0.2) is 36.4 Å². The lowest BCUT2D eigenvalue weighted by Gasteiger charge is -2.19. The van der Waals surface area contributed by atoms with Crippen molar-refractivity contribution in [3.63, 3.8) is 0 Å². The van der Waals surface area contributed by atoms with Crippen molar-refractivity contribution in [1.82, 2.24) is 5.32 Å². The van der Waals surface area contributed by atoms with E-state index in [-0.39, 0.29) is 11.3 Å². The van der Waals surface area contributed by atoms with E-state index in [1.807, 2.05) is 0 Å². The van der Waals surface area contributed by atoms with Crippen LogP contribution in [0, 0.1) is 6.92 Å². The van der Waals surface area contributed by atoms with Crippen LogP contribution in [0.2, 0.25) is 10.0 Å². The number of halogens is 2. The molecule has 7 heteroatoms. The molecule has 2 atom stereocenters. The van der Waals surface area contributed by atoms with Crippen molar-refractivity contribution >= 4 is 35.1 Å². The third-order valence-electron chi connectivity index (χ3n) is 3.90. The number of aryl methyl sites for hydroxylation is 1. The number of hydrogen-bond acceptors (Lipinski definition) is 4. The molecule has 0 saturated heterocycles. The van der Waals surface area contributed by atoms with E-state index in [2.05, 4.69) is 5.32 Å². The van der Waals surface area contributed by atoms with E-state index in [4.69, 9.17) is 27.9 Å². The minimum atomic E-state index is -1.05. The molecule has 0 saturated carbocycles. The Bertz CT molecular complexity index is 838. The standard InChI is InChI=1S/C19H19Cl2NO4/c1-10-5-4-6-15(17(10)23)19(25)26-12(3)18(24)22-11(2)14-8-7-13(20)9-16(14)21/h4-9,11-12,23H,1-3H3,(H,22,24)/t11-,12+/m0/s1. The minimum Gasteiger partial charge on any atom is -0.507 e. The number of para-hydroxylation sites is 1. The fraction of sp³-hybridized carbons (Fsp3) is 0.263. The molecule has 2 aromatic carbocycles. The lowest BCUT2D eigenvalue weighted by Crippen LogP contribution is -2.37. The summed E-state index contributed by atoms with van der Waals surface area (Å²) < 4.78 is 5.16. The maximum Gasteiger partial charge on any atom is 0.342 e. The highest BCUT2D eigenvalue weighted by atomic mass is 35.5. The van der Waals surface area contributed by atoms with Crippen LogP contribution in [0.1, 0.15) is 41.4 Å². The van der Waals surface area contributed by atoms with E-state index < -0.39 is 24.0 Å². The Morgan fingerprint density at radius 1 is 1.15 bits per heavy atom. The highest BCUT2D eigenvalue weighted by Crippen LogP contribution is 2.26. The van der Waals surface area contributed by atoms with Crippen molar-refractivity contribution in [3.05, 3.63) is 63.1 Å². The molecule has 0 unspecified atom stereocenters. The van der Waals surface area contributed by atoms with Crippen molar-refractivity contribution in [1.29, 1.82) is 0 Å². The molecule has 0 spiro atoms. The van der Waals surface area contributed by atoms with Crippen LogP contribution in [0.25, 0.3) is 0 Å². The van der Waals surface area contributed by atoms with Gasteiger partial charge in [0.05, 0.1) is 6.04 Å². The Kier molecular flexibility index (Phi) is 6.51. The van der Waals surface area contributed by atoms with Gasteiger partial charge in [-0.05, 0) is 50.1 Å². The second kappa shape index (κ2) is 8.43. The van der Waals surface area contributed by atoms with Crippen molar-refractivity contribution in [2.45, 2.75) is 32.9 Å². The normalized spacial score (nSPS) is 13.0. The van der Waals surface area contributed by atoms with Crippen LogP contribution in [0.5, 0.6) is 5.75 Å². The Morgan fingerprint density at radius 2 is 1.85 bits per heavy atom. The number of benzene rings is 2. The van der Waals surface area contributed by atoms with Crippen molar-refractivity contribution in [2.24, 2.45) is 0 Å². The number of phenols is 1. The summed E-state index contributed by atoms with van der Waals surface area (Å²) >= 11 is 12.0. The van der Waals surface area contributed by atoms with E-state index >= 15 is 0 Å². The molecule has 5 nitrogen and oxygen atoms in total. The molecule has 0 aliphatic heterocycles. The number of carbonyl (C=O) groups is 2. The Morgan fingerprint density at radius 3 is 2.50 bits per heavy atom. The average Bonchev–Trinajstić information content (AvgIpc) is 2.56. The first-order valence-corrected chi connectivity index (χ1v) is 8.71.